The van der Waals surface area contributed by atoms with E-state index in [4.69, 9.17) is 14.2 Å². The van der Waals surface area contributed by atoms with E-state index >= 15 is 0 Å². The SMILES string of the molecule is COc1ccccc1C(=O)N1CCC(C(NC(=O)c2ccc3c(c2)OCO3)C(=O)NC(C)C)CC1. The summed E-state index contributed by atoms with van der Waals surface area (Å²) < 4.78 is 16.0. The number of likely N-dealkylation sites (tertiary alicyclic amines) is 1. The topological polar surface area (TPSA) is 106 Å². The maximum atomic E-state index is 13.1. The van der Waals surface area contributed by atoms with Crippen molar-refractivity contribution in [1.29, 1.82) is 0 Å². The molecule has 2 aliphatic heterocycles. The first-order valence-electron chi connectivity index (χ1n) is 11.8. The van der Waals surface area contributed by atoms with Gasteiger partial charge in [-0.15, -0.1) is 0 Å². The lowest BCUT2D eigenvalue weighted by atomic mass is 9.88. The molecule has 0 saturated carbocycles. The van der Waals surface area contributed by atoms with Crippen LogP contribution in [0.3, 0.4) is 0 Å². The second kappa shape index (κ2) is 10.7. The smallest absolute Gasteiger partial charge is 0.257 e. The lowest BCUT2D eigenvalue weighted by Crippen LogP contribution is -2.54. The second-order valence-corrected chi connectivity index (χ2v) is 9.01. The highest BCUT2D eigenvalue weighted by Crippen LogP contribution is 2.32. The van der Waals surface area contributed by atoms with E-state index in [-0.39, 0.29) is 36.5 Å². The number of fused-ring (bicyclic) bond motifs is 1. The van der Waals surface area contributed by atoms with E-state index in [1.54, 1.807) is 48.4 Å². The minimum Gasteiger partial charge on any atom is -0.496 e. The fourth-order valence-electron chi connectivity index (χ4n) is 4.46. The van der Waals surface area contributed by atoms with Gasteiger partial charge in [-0.1, -0.05) is 12.1 Å². The standard InChI is InChI=1S/C26H31N3O6/c1-16(2)27-25(31)23(28-24(30)18-8-9-21-22(14-18)35-15-34-21)17-10-12-29(13-11-17)26(32)19-6-4-5-7-20(19)33-3/h4-9,14,16-17,23H,10-13,15H2,1-3H3,(H,27,31)(H,28,30). The van der Waals surface area contributed by atoms with Crippen molar-refractivity contribution in [3.8, 4) is 17.2 Å². The number of para-hydroxylation sites is 1. The molecule has 2 aromatic rings. The van der Waals surface area contributed by atoms with Crippen LogP contribution >= 0.6 is 0 Å². The Morgan fingerprint density at radius 2 is 1.71 bits per heavy atom. The van der Waals surface area contributed by atoms with Gasteiger partial charge in [0.1, 0.15) is 11.8 Å². The van der Waals surface area contributed by atoms with Crippen molar-refractivity contribution in [3.63, 3.8) is 0 Å². The van der Waals surface area contributed by atoms with Gasteiger partial charge in [0.05, 0.1) is 12.7 Å². The van der Waals surface area contributed by atoms with Crippen molar-refractivity contribution < 1.29 is 28.6 Å². The van der Waals surface area contributed by atoms with Crippen molar-refractivity contribution in [2.45, 2.75) is 38.8 Å². The molecule has 1 unspecified atom stereocenters. The predicted molar refractivity (Wildman–Crippen MR) is 129 cm³/mol. The van der Waals surface area contributed by atoms with Gasteiger partial charge in [-0.25, -0.2) is 0 Å². The number of carbonyl (C=O) groups excluding carboxylic acids is 3. The van der Waals surface area contributed by atoms with E-state index in [1.807, 2.05) is 19.9 Å². The zero-order valence-corrected chi connectivity index (χ0v) is 20.2. The molecule has 1 saturated heterocycles. The Morgan fingerprint density at radius 1 is 1.00 bits per heavy atom. The van der Waals surface area contributed by atoms with Crippen LogP contribution < -0.4 is 24.8 Å². The van der Waals surface area contributed by atoms with Crippen LogP contribution in [0, 0.1) is 5.92 Å². The highest BCUT2D eigenvalue weighted by atomic mass is 16.7. The van der Waals surface area contributed by atoms with Gasteiger partial charge in [0.25, 0.3) is 11.8 Å². The van der Waals surface area contributed by atoms with Gasteiger partial charge >= 0.3 is 0 Å². The molecule has 1 fully saturated rings. The van der Waals surface area contributed by atoms with Crippen LogP contribution in [0.2, 0.25) is 0 Å². The average molecular weight is 482 g/mol. The minimum atomic E-state index is -0.723. The van der Waals surface area contributed by atoms with Gasteiger partial charge in [0, 0.05) is 24.7 Å². The number of hydrogen-bond donors (Lipinski definition) is 2. The Bertz CT molecular complexity index is 1090. The summed E-state index contributed by atoms with van der Waals surface area (Å²) in [6, 6.07) is 11.3. The first-order valence-corrected chi connectivity index (χ1v) is 11.8. The van der Waals surface area contributed by atoms with Gasteiger partial charge < -0.3 is 29.7 Å². The number of nitrogens with one attached hydrogen (secondary N) is 2. The number of hydrogen-bond acceptors (Lipinski definition) is 6. The van der Waals surface area contributed by atoms with Crippen LogP contribution in [0.25, 0.3) is 0 Å². The highest BCUT2D eigenvalue weighted by Gasteiger charge is 2.35. The van der Waals surface area contributed by atoms with Crippen LogP contribution in [-0.2, 0) is 4.79 Å². The molecular weight excluding hydrogens is 450 g/mol. The molecule has 35 heavy (non-hydrogen) atoms. The quantitative estimate of drug-likeness (QED) is 0.630. The maximum Gasteiger partial charge on any atom is 0.257 e. The van der Waals surface area contributed by atoms with E-state index in [2.05, 4.69) is 10.6 Å². The average Bonchev–Trinajstić information content (AvgIpc) is 3.34. The van der Waals surface area contributed by atoms with Crippen LogP contribution in [0.4, 0.5) is 0 Å². The molecule has 0 bridgehead atoms. The number of nitrogens with zero attached hydrogens (tertiary/aromatic N) is 1. The number of ether oxygens (including phenoxy) is 3. The molecule has 2 N–H and O–H groups in total. The van der Waals surface area contributed by atoms with Crippen LogP contribution in [-0.4, -0.2) is 61.7 Å². The van der Waals surface area contributed by atoms with Crippen molar-refractivity contribution in [1.82, 2.24) is 15.5 Å². The van der Waals surface area contributed by atoms with E-state index in [9.17, 15) is 14.4 Å². The molecule has 1 atom stereocenters. The number of carbonyl (C=O) groups is 3. The summed E-state index contributed by atoms with van der Waals surface area (Å²) in [6.45, 7) is 4.83. The fraction of sp³-hybridized carbons (Fsp3) is 0.423. The van der Waals surface area contributed by atoms with E-state index in [1.165, 1.54) is 0 Å². The van der Waals surface area contributed by atoms with Gasteiger partial charge in [-0.2, -0.15) is 0 Å². The lowest BCUT2D eigenvalue weighted by molar-refractivity contribution is -0.125. The molecule has 2 heterocycles. The summed E-state index contributed by atoms with van der Waals surface area (Å²) in [5, 5.41) is 5.84. The highest BCUT2D eigenvalue weighted by molar-refractivity contribution is 5.98. The van der Waals surface area contributed by atoms with Gasteiger partial charge in [0.2, 0.25) is 12.7 Å². The Kier molecular flexibility index (Phi) is 7.43. The van der Waals surface area contributed by atoms with E-state index < -0.39 is 6.04 Å². The summed E-state index contributed by atoms with van der Waals surface area (Å²) in [5.41, 5.74) is 0.902. The molecule has 4 rings (SSSR count). The molecule has 0 aliphatic carbocycles. The normalized spacial score (nSPS) is 16.1. The van der Waals surface area contributed by atoms with Gasteiger partial charge in [-0.3, -0.25) is 14.4 Å². The van der Waals surface area contributed by atoms with Crippen molar-refractivity contribution in [2.75, 3.05) is 27.0 Å². The molecule has 9 nitrogen and oxygen atoms in total. The third-order valence-corrected chi connectivity index (χ3v) is 6.27. The van der Waals surface area contributed by atoms with Crippen LogP contribution in [0.5, 0.6) is 17.2 Å². The summed E-state index contributed by atoms with van der Waals surface area (Å²) >= 11 is 0. The predicted octanol–water partition coefficient (Wildman–Crippen LogP) is 2.60. The van der Waals surface area contributed by atoms with Crippen molar-refractivity contribution in [2.24, 2.45) is 5.92 Å². The molecule has 0 spiro atoms. The first-order chi connectivity index (χ1) is 16.9. The summed E-state index contributed by atoms with van der Waals surface area (Å²) in [5.74, 6) is 0.807. The van der Waals surface area contributed by atoms with Gasteiger partial charge in [0.15, 0.2) is 11.5 Å². The molecule has 2 aromatic carbocycles. The largest absolute Gasteiger partial charge is 0.496 e. The third kappa shape index (κ3) is 5.50. The Labute approximate surface area is 204 Å². The second-order valence-electron chi connectivity index (χ2n) is 9.01. The number of piperidine rings is 1. The van der Waals surface area contributed by atoms with E-state index in [0.717, 1.165) is 0 Å². The number of methoxy groups -OCH3 is 1. The third-order valence-electron chi connectivity index (χ3n) is 6.27. The molecule has 0 aromatic heterocycles. The molecule has 0 radical (unpaired) electrons. The van der Waals surface area contributed by atoms with E-state index in [0.29, 0.717) is 54.3 Å². The minimum absolute atomic E-state index is 0.0698. The van der Waals surface area contributed by atoms with Crippen molar-refractivity contribution in [3.05, 3.63) is 53.6 Å². The van der Waals surface area contributed by atoms with Gasteiger partial charge in [-0.05, 0) is 62.9 Å². The fourth-order valence-corrected chi connectivity index (χ4v) is 4.46. The van der Waals surface area contributed by atoms with Crippen LogP contribution in [0.15, 0.2) is 42.5 Å². The number of rotatable bonds is 7. The van der Waals surface area contributed by atoms with Crippen LogP contribution in [0.1, 0.15) is 47.4 Å². The maximum absolute atomic E-state index is 13.1. The Morgan fingerprint density at radius 3 is 2.43 bits per heavy atom. The Balaban J connectivity index is 1.45. The number of benzene rings is 2. The zero-order chi connectivity index (χ0) is 24.9. The zero-order valence-electron chi connectivity index (χ0n) is 20.2. The molecule has 9 heteroatoms. The lowest BCUT2D eigenvalue weighted by Gasteiger charge is -2.36. The molecule has 3 amide bonds. The first kappa shape index (κ1) is 24.4. The summed E-state index contributed by atoms with van der Waals surface area (Å²) in [4.78, 5) is 40.9. The Hall–Kier alpha value is -3.75. The number of amides is 3. The monoisotopic (exact) mass is 481 g/mol. The molecule has 186 valence electrons. The molecular formula is C26H31N3O6. The summed E-state index contributed by atoms with van der Waals surface area (Å²) in [7, 11) is 1.54. The van der Waals surface area contributed by atoms with Crippen molar-refractivity contribution >= 4 is 17.7 Å². The molecule has 2 aliphatic rings. The summed E-state index contributed by atoms with van der Waals surface area (Å²) in [6.07, 6.45) is 1.16.